The summed E-state index contributed by atoms with van der Waals surface area (Å²) in [6.45, 7) is 9.40. The monoisotopic (exact) mass is 258 g/mol. The van der Waals surface area contributed by atoms with Gasteiger partial charge in [0.1, 0.15) is 0 Å². The Labute approximate surface area is 117 Å². The van der Waals surface area contributed by atoms with Gasteiger partial charge < -0.3 is 5.32 Å². The van der Waals surface area contributed by atoms with Crippen LogP contribution < -0.4 is 5.32 Å². The third kappa shape index (κ3) is 3.01. The van der Waals surface area contributed by atoms with Gasteiger partial charge in [-0.3, -0.25) is 4.90 Å². The summed E-state index contributed by atoms with van der Waals surface area (Å²) in [5, 5.41) is 3.64. The van der Waals surface area contributed by atoms with Crippen molar-refractivity contribution in [1.82, 2.24) is 10.2 Å². The van der Waals surface area contributed by atoms with Crippen molar-refractivity contribution in [2.75, 3.05) is 19.6 Å². The van der Waals surface area contributed by atoms with Crippen LogP contribution in [0.5, 0.6) is 0 Å². The molecule has 104 valence electrons. The van der Waals surface area contributed by atoms with E-state index in [4.69, 9.17) is 0 Å². The fraction of sp³-hybridized carbons (Fsp3) is 0.647. The topological polar surface area (TPSA) is 15.3 Å². The third-order valence-electron chi connectivity index (χ3n) is 4.79. The lowest BCUT2D eigenvalue weighted by Gasteiger charge is -2.34. The Bertz CT molecular complexity index is 410. The predicted octanol–water partition coefficient (Wildman–Crippen LogP) is 2.99. The van der Waals surface area contributed by atoms with E-state index >= 15 is 0 Å². The molecule has 1 aromatic rings. The number of benzene rings is 1. The molecule has 1 aromatic carbocycles. The van der Waals surface area contributed by atoms with Crippen molar-refractivity contribution < 1.29 is 0 Å². The van der Waals surface area contributed by atoms with Crippen molar-refractivity contribution in [1.29, 1.82) is 0 Å². The summed E-state index contributed by atoms with van der Waals surface area (Å²) in [6.07, 6.45) is 2.70. The summed E-state index contributed by atoms with van der Waals surface area (Å²) < 4.78 is 0. The number of rotatable bonds is 3. The second-order valence-electron chi connectivity index (χ2n) is 6.53. The van der Waals surface area contributed by atoms with Crippen LogP contribution in [0.3, 0.4) is 0 Å². The Hall–Kier alpha value is -0.860. The number of nitrogens with zero attached hydrogens (tertiary/aromatic N) is 1. The average molecular weight is 258 g/mol. The van der Waals surface area contributed by atoms with E-state index in [1.165, 1.54) is 43.6 Å². The summed E-state index contributed by atoms with van der Waals surface area (Å²) >= 11 is 0. The molecule has 0 saturated carbocycles. The van der Waals surface area contributed by atoms with Crippen molar-refractivity contribution in [2.45, 2.75) is 45.2 Å². The van der Waals surface area contributed by atoms with Gasteiger partial charge in [-0.2, -0.15) is 0 Å². The molecule has 1 N–H and O–H groups in total. The van der Waals surface area contributed by atoms with E-state index in [0.29, 0.717) is 5.92 Å². The Morgan fingerprint density at radius 1 is 1.21 bits per heavy atom. The first-order chi connectivity index (χ1) is 9.22. The zero-order chi connectivity index (χ0) is 13.2. The third-order valence-corrected chi connectivity index (χ3v) is 4.79. The number of piperidine rings is 1. The normalized spacial score (nSPS) is 27.7. The SMILES string of the molecule is CC(C)c1ccc(CN2CCC3NCCC3C2)cc1. The van der Waals surface area contributed by atoms with E-state index in [1.807, 2.05) is 0 Å². The molecule has 3 rings (SSSR count). The highest BCUT2D eigenvalue weighted by Gasteiger charge is 2.32. The number of likely N-dealkylation sites (tertiary alicyclic amines) is 1. The molecule has 2 fully saturated rings. The maximum absolute atomic E-state index is 3.64. The lowest BCUT2D eigenvalue weighted by Crippen LogP contribution is -2.43. The second-order valence-corrected chi connectivity index (χ2v) is 6.53. The molecule has 2 atom stereocenters. The van der Waals surface area contributed by atoms with Crippen LogP contribution in [-0.4, -0.2) is 30.6 Å². The molecule has 0 bridgehead atoms. The maximum Gasteiger partial charge on any atom is 0.0233 e. The van der Waals surface area contributed by atoms with Gasteiger partial charge in [-0.25, -0.2) is 0 Å². The van der Waals surface area contributed by atoms with E-state index in [0.717, 1.165) is 18.5 Å². The zero-order valence-electron chi connectivity index (χ0n) is 12.2. The highest BCUT2D eigenvalue weighted by Crippen LogP contribution is 2.25. The Balaban J connectivity index is 1.59. The van der Waals surface area contributed by atoms with Gasteiger partial charge >= 0.3 is 0 Å². The first-order valence-electron chi connectivity index (χ1n) is 7.77. The van der Waals surface area contributed by atoms with Gasteiger partial charge in [0, 0.05) is 19.1 Å². The van der Waals surface area contributed by atoms with Gasteiger partial charge in [0.2, 0.25) is 0 Å². The van der Waals surface area contributed by atoms with Crippen LogP contribution in [0.25, 0.3) is 0 Å². The van der Waals surface area contributed by atoms with Gasteiger partial charge in [-0.05, 0) is 48.9 Å². The van der Waals surface area contributed by atoms with Crippen LogP contribution in [0, 0.1) is 5.92 Å². The molecule has 0 spiro atoms. The fourth-order valence-corrected chi connectivity index (χ4v) is 3.53. The van der Waals surface area contributed by atoms with Gasteiger partial charge in [0.05, 0.1) is 0 Å². The molecule has 0 aromatic heterocycles. The molecule has 19 heavy (non-hydrogen) atoms. The molecule has 0 aliphatic carbocycles. The zero-order valence-corrected chi connectivity index (χ0v) is 12.2. The lowest BCUT2D eigenvalue weighted by molar-refractivity contribution is 0.156. The van der Waals surface area contributed by atoms with E-state index < -0.39 is 0 Å². The molecule has 0 radical (unpaired) electrons. The van der Waals surface area contributed by atoms with Crippen LogP contribution in [-0.2, 0) is 6.54 Å². The van der Waals surface area contributed by atoms with Gasteiger partial charge in [0.25, 0.3) is 0 Å². The van der Waals surface area contributed by atoms with E-state index in [9.17, 15) is 0 Å². The van der Waals surface area contributed by atoms with Crippen molar-refractivity contribution in [3.05, 3.63) is 35.4 Å². The molecule has 2 heterocycles. The quantitative estimate of drug-likeness (QED) is 0.896. The minimum Gasteiger partial charge on any atom is -0.314 e. The van der Waals surface area contributed by atoms with Crippen molar-refractivity contribution in [3.8, 4) is 0 Å². The highest BCUT2D eigenvalue weighted by molar-refractivity contribution is 5.24. The molecular weight excluding hydrogens is 232 g/mol. The number of hydrogen-bond acceptors (Lipinski definition) is 2. The van der Waals surface area contributed by atoms with Gasteiger partial charge in [-0.1, -0.05) is 38.1 Å². The Morgan fingerprint density at radius 2 is 2.00 bits per heavy atom. The summed E-state index contributed by atoms with van der Waals surface area (Å²) in [7, 11) is 0. The first kappa shape index (κ1) is 13.1. The number of hydrogen-bond donors (Lipinski definition) is 1. The van der Waals surface area contributed by atoms with Crippen LogP contribution in [0.1, 0.15) is 43.7 Å². The number of nitrogens with one attached hydrogen (secondary N) is 1. The largest absolute Gasteiger partial charge is 0.314 e. The maximum atomic E-state index is 3.64. The fourth-order valence-electron chi connectivity index (χ4n) is 3.53. The lowest BCUT2D eigenvalue weighted by atomic mass is 9.93. The minimum atomic E-state index is 0.634. The smallest absolute Gasteiger partial charge is 0.0233 e. The van der Waals surface area contributed by atoms with Crippen molar-refractivity contribution in [2.24, 2.45) is 5.92 Å². The van der Waals surface area contributed by atoms with Crippen molar-refractivity contribution >= 4 is 0 Å². The van der Waals surface area contributed by atoms with E-state index in [1.54, 1.807) is 0 Å². The van der Waals surface area contributed by atoms with Gasteiger partial charge in [-0.15, -0.1) is 0 Å². The Morgan fingerprint density at radius 3 is 2.74 bits per heavy atom. The summed E-state index contributed by atoms with van der Waals surface area (Å²) in [6, 6.07) is 10.0. The molecule has 2 nitrogen and oxygen atoms in total. The molecule has 2 heteroatoms. The predicted molar refractivity (Wildman–Crippen MR) is 80.3 cm³/mol. The average Bonchev–Trinajstić information content (AvgIpc) is 2.87. The van der Waals surface area contributed by atoms with Crippen LogP contribution in [0.2, 0.25) is 0 Å². The second kappa shape index (κ2) is 5.64. The van der Waals surface area contributed by atoms with Gasteiger partial charge in [0.15, 0.2) is 0 Å². The molecular formula is C17H26N2. The van der Waals surface area contributed by atoms with Crippen molar-refractivity contribution in [3.63, 3.8) is 0 Å². The molecule has 2 aliphatic heterocycles. The Kier molecular flexibility index (Phi) is 3.90. The summed E-state index contributed by atoms with van der Waals surface area (Å²) in [4.78, 5) is 2.64. The highest BCUT2D eigenvalue weighted by atomic mass is 15.2. The van der Waals surface area contributed by atoms with Crippen LogP contribution in [0.4, 0.5) is 0 Å². The molecule has 2 aliphatic rings. The standard InChI is InChI=1S/C17H26N2/c1-13(2)15-5-3-14(4-6-15)11-19-10-8-17-16(12-19)7-9-18-17/h3-6,13,16-18H,7-12H2,1-2H3. The van der Waals surface area contributed by atoms with Crippen LogP contribution >= 0.6 is 0 Å². The molecule has 2 unspecified atom stereocenters. The van der Waals surface area contributed by atoms with E-state index in [-0.39, 0.29) is 0 Å². The summed E-state index contributed by atoms with van der Waals surface area (Å²) in [5.74, 6) is 1.53. The molecule has 0 amide bonds. The first-order valence-corrected chi connectivity index (χ1v) is 7.77. The summed E-state index contributed by atoms with van der Waals surface area (Å²) in [5.41, 5.74) is 2.91. The number of fused-ring (bicyclic) bond motifs is 1. The van der Waals surface area contributed by atoms with Crippen LogP contribution in [0.15, 0.2) is 24.3 Å². The minimum absolute atomic E-state index is 0.634. The molecule has 2 saturated heterocycles. The van der Waals surface area contributed by atoms with E-state index in [2.05, 4.69) is 48.3 Å².